The lowest BCUT2D eigenvalue weighted by atomic mass is 9.96. The maximum atomic E-state index is 5.93. The summed E-state index contributed by atoms with van der Waals surface area (Å²) in [5.74, 6) is 3.05. The topological polar surface area (TPSA) is 73.3 Å². The molecular weight excluding hydrogens is 346 g/mol. The molecule has 3 atom stereocenters. The maximum Gasteiger partial charge on any atom is 0.191 e. The molecule has 2 aliphatic rings. The quantitative estimate of drug-likeness (QED) is 0.534. The van der Waals surface area contributed by atoms with Crippen molar-refractivity contribution in [2.24, 2.45) is 4.99 Å². The maximum absolute atomic E-state index is 5.93. The summed E-state index contributed by atoms with van der Waals surface area (Å²) in [7, 11) is 4.94. The van der Waals surface area contributed by atoms with Crippen LogP contribution in [-0.4, -0.2) is 58.6 Å². The number of ether oxygens (including phenoxy) is 4. The van der Waals surface area contributed by atoms with Crippen LogP contribution in [0.3, 0.4) is 0 Å². The van der Waals surface area contributed by atoms with E-state index in [0.29, 0.717) is 37.0 Å². The molecule has 0 aliphatic carbocycles. The average Bonchev–Trinajstić information content (AvgIpc) is 3.31. The van der Waals surface area contributed by atoms with E-state index in [9.17, 15) is 0 Å². The third-order valence-corrected chi connectivity index (χ3v) is 5.22. The van der Waals surface area contributed by atoms with Crippen LogP contribution in [0.15, 0.2) is 17.1 Å². The van der Waals surface area contributed by atoms with Gasteiger partial charge in [-0.15, -0.1) is 0 Å². The number of fused-ring (bicyclic) bond motifs is 2. The molecule has 2 N–H and O–H groups in total. The molecule has 2 heterocycles. The molecule has 0 saturated carbocycles. The SMILES string of the molecule is CCNC(=NCCc1c(OC)cc(OC)cc1OC)NC1CC2CCC1O2. The van der Waals surface area contributed by atoms with E-state index in [2.05, 4.69) is 17.6 Å². The number of benzene rings is 1. The van der Waals surface area contributed by atoms with Gasteiger partial charge >= 0.3 is 0 Å². The molecule has 2 aliphatic heterocycles. The Morgan fingerprint density at radius 3 is 2.41 bits per heavy atom. The molecule has 1 aromatic rings. The lowest BCUT2D eigenvalue weighted by Gasteiger charge is -2.22. The van der Waals surface area contributed by atoms with Gasteiger partial charge in [-0.1, -0.05) is 0 Å². The van der Waals surface area contributed by atoms with Crippen LogP contribution in [-0.2, 0) is 11.2 Å². The van der Waals surface area contributed by atoms with E-state index in [0.717, 1.165) is 42.4 Å². The second-order valence-electron chi connectivity index (χ2n) is 6.88. The van der Waals surface area contributed by atoms with Gasteiger partial charge in [0, 0.05) is 30.8 Å². The number of aliphatic imine (C=N–C) groups is 1. The predicted octanol–water partition coefficient (Wildman–Crippen LogP) is 2.13. The number of hydrogen-bond donors (Lipinski definition) is 2. The number of nitrogens with one attached hydrogen (secondary N) is 2. The normalized spacial score (nSPS) is 24.0. The minimum atomic E-state index is 0.320. The fourth-order valence-corrected chi connectivity index (χ4v) is 3.89. The Bertz CT molecular complexity index is 640. The summed E-state index contributed by atoms with van der Waals surface area (Å²) in [6.45, 7) is 3.52. The Morgan fingerprint density at radius 2 is 1.89 bits per heavy atom. The first-order chi connectivity index (χ1) is 13.2. The van der Waals surface area contributed by atoms with Crippen LogP contribution >= 0.6 is 0 Å². The third-order valence-electron chi connectivity index (χ3n) is 5.22. The molecule has 3 rings (SSSR count). The lowest BCUT2D eigenvalue weighted by Crippen LogP contribution is -2.47. The number of guanidine groups is 1. The molecule has 3 unspecified atom stereocenters. The molecule has 2 bridgehead atoms. The van der Waals surface area contributed by atoms with Gasteiger partial charge in [-0.2, -0.15) is 0 Å². The van der Waals surface area contributed by atoms with Crippen LogP contribution < -0.4 is 24.8 Å². The van der Waals surface area contributed by atoms with Crippen molar-refractivity contribution < 1.29 is 18.9 Å². The zero-order chi connectivity index (χ0) is 19.2. The first kappa shape index (κ1) is 19.6. The molecule has 1 aromatic carbocycles. The zero-order valence-corrected chi connectivity index (χ0v) is 16.7. The van der Waals surface area contributed by atoms with E-state index in [-0.39, 0.29) is 0 Å². The third kappa shape index (κ3) is 4.58. The van der Waals surface area contributed by atoms with Crippen molar-refractivity contribution in [3.05, 3.63) is 17.7 Å². The Labute approximate surface area is 161 Å². The molecule has 0 amide bonds. The van der Waals surface area contributed by atoms with E-state index >= 15 is 0 Å². The molecule has 0 spiro atoms. The molecule has 27 heavy (non-hydrogen) atoms. The summed E-state index contributed by atoms with van der Waals surface area (Å²) < 4.78 is 22.3. The van der Waals surface area contributed by atoms with E-state index in [1.54, 1.807) is 21.3 Å². The highest BCUT2D eigenvalue weighted by Gasteiger charge is 2.41. The summed E-state index contributed by atoms with van der Waals surface area (Å²) in [5.41, 5.74) is 0.989. The fraction of sp³-hybridized carbons (Fsp3) is 0.650. The van der Waals surface area contributed by atoms with Crippen molar-refractivity contribution in [1.29, 1.82) is 0 Å². The van der Waals surface area contributed by atoms with Gasteiger partial charge in [0.2, 0.25) is 0 Å². The van der Waals surface area contributed by atoms with Crippen LogP contribution in [0.4, 0.5) is 0 Å². The Kier molecular flexibility index (Phi) is 6.66. The monoisotopic (exact) mass is 377 g/mol. The van der Waals surface area contributed by atoms with Gasteiger partial charge in [-0.05, 0) is 32.6 Å². The van der Waals surface area contributed by atoms with Gasteiger partial charge in [0.05, 0.1) is 39.6 Å². The summed E-state index contributed by atoms with van der Waals surface area (Å²) >= 11 is 0. The van der Waals surface area contributed by atoms with E-state index in [4.69, 9.17) is 23.9 Å². The summed E-state index contributed by atoms with van der Waals surface area (Å²) in [6, 6.07) is 4.10. The van der Waals surface area contributed by atoms with Gasteiger partial charge in [-0.25, -0.2) is 0 Å². The van der Waals surface area contributed by atoms with Crippen LogP contribution in [0.25, 0.3) is 0 Å². The van der Waals surface area contributed by atoms with Crippen molar-refractivity contribution in [2.45, 2.75) is 50.9 Å². The van der Waals surface area contributed by atoms with Crippen LogP contribution in [0, 0.1) is 0 Å². The van der Waals surface area contributed by atoms with Crippen molar-refractivity contribution in [3.8, 4) is 17.2 Å². The summed E-state index contributed by atoms with van der Waals surface area (Å²) in [5, 5.41) is 6.87. The van der Waals surface area contributed by atoms with Crippen molar-refractivity contribution in [2.75, 3.05) is 34.4 Å². The van der Waals surface area contributed by atoms with Gasteiger partial charge < -0.3 is 29.6 Å². The van der Waals surface area contributed by atoms with Gasteiger partial charge in [0.15, 0.2) is 5.96 Å². The fourth-order valence-electron chi connectivity index (χ4n) is 3.89. The Balaban J connectivity index is 1.66. The number of rotatable bonds is 8. The lowest BCUT2D eigenvalue weighted by molar-refractivity contribution is 0.0992. The molecule has 150 valence electrons. The molecule has 2 saturated heterocycles. The van der Waals surface area contributed by atoms with Crippen LogP contribution in [0.2, 0.25) is 0 Å². The van der Waals surface area contributed by atoms with Crippen LogP contribution in [0.1, 0.15) is 31.7 Å². The minimum absolute atomic E-state index is 0.320. The average molecular weight is 377 g/mol. The molecule has 7 nitrogen and oxygen atoms in total. The number of methoxy groups -OCH3 is 3. The van der Waals surface area contributed by atoms with E-state index in [1.165, 1.54) is 6.42 Å². The Hall–Kier alpha value is -2.15. The summed E-state index contributed by atoms with van der Waals surface area (Å²) in [4.78, 5) is 4.75. The molecular formula is C20H31N3O4. The highest BCUT2D eigenvalue weighted by atomic mass is 16.5. The second kappa shape index (κ2) is 9.17. The van der Waals surface area contributed by atoms with Crippen LogP contribution in [0.5, 0.6) is 17.2 Å². The van der Waals surface area contributed by atoms with E-state index in [1.807, 2.05) is 12.1 Å². The molecule has 2 fully saturated rings. The van der Waals surface area contributed by atoms with E-state index < -0.39 is 0 Å². The zero-order valence-electron chi connectivity index (χ0n) is 16.7. The van der Waals surface area contributed by atoms with Gasteiger partial charge in [0.25, 0.3) is 0 Å². The summed E-state index contributed by atoms with van der Waals surface area (Å²) in [6.07, 6.45) is 4.84. The smallest absolute Gasteiger partial charge is 0.191 e. The van der Waals surface area contributed by atoms with Crippen molar-refractivity contribution in [3.63, 3.8) is 0 Å². The van der Waals surface area contributed by atoms with Gasteiger partial charge in [0.1, 0.15) is 17.2 Å². The predicted molar refractivity (Wildman–Crippen MR) is 105 cm³/mol. The first-order valence-corrected chi connectivity index (χ1v) is 9.67. The first-order valence-electron chi connectivity index (χ1n) is 9.67. The second-order valence-corrected chi connectivity index (χ2v) is 6.88. The highest BCUT2D eigenvalue weighted by molar-refractivity contribution is 5.80. The number of nitrogens with zero attached hydrogens (tertiary/aromatic N) is 1. The highest BCUT2D eigenvalue weighted by Crippen LogP contribution is 2.35. The molecule has 7 heteroatoms. The van der Waals surface area contributed by atoms with Gasteiger partial charge in [-0.3, -0.25) is 4.99 Å². The standard InChI is InChI=1S/C20H31N3O4/c1-5-21-20(23-16-10-13-6-7-17(16)27-13)22-9-8-15-18(25-3)11-14(24-2)12-19(15)26-4/h11-13,16-17H,5-10H2,1-4H3,(H2,21,22,23). The number of hydrogen-bond acceptors (Lipinski definition) is 5. The largest absolute Gasteiger partial charge is 0.496 e. The molecule has 0 aromatic heterocycles. The molecule has 0 radical (unpaired) electrons. The Morgan fingerprint density at radius 1 is 1.15 bits per heavy atom. The minimum Gasteiger partial charge on any atom is -0.496 e. The van der Waals surface area contributed by atoms with Crippen molar-refractivity contribution in [1.82, 2.24) is 10.6 Å². The van der Waals surface area contributed by atoms with Crippen molar-refractivity contribution >= 4 is 5.96 Å².